The summed E-state index contributed by atoms with van der Waals surface area (Å²) in [5, 5.41) is 6.66. The van der Waals surface area contributed by atoms with E-state index < -0.39 is 18.2 Å². The second-order valence-electron chi connectivity index (χ2n) is 11.6. The summed E-state index contributed by atoms with van der Waals surface area (Å²) < 4.78 is 5.38. The lowest BCUT2D eigenvalue weighted by atomic mass is 9.91. The fraction of sp³-hybridized carbons (Fsp3) is 0.710. The van der Waals surface area contributed by atoms with E-state index in [1.807, 2.05) is 29.4 Å². The number of hydrogen-bond donors (Lipinski definition) is 2. The minimum Gasteiger partial charge on any atom is -0.447 e. The Balaban J connectivity index is 1.59. The van der Waals surface area contributed by atoms with Crippen molar-refractivity contribution in [1.82, 2.24) is 20.4 Å². The van der Waals surface area contributed by atoms with Crippen molar-refractivity contribution in [3.63, 3.8) is 0 Å². The maximum atomic E-state index is 13.8. The zero-order chi connectivity index (χ0) is 29.6. The van der Waals surface area contributed by atoms with E-state index in [9.17, 15) is 14.4 Å². The maximum Gasteiger partial charge on any atom is 0.411 e. The number of carbonyl (C=O) groups is 3. The van der Waals surface area contributed by atoms with Gasteiger partial charge in [-0.15, -0.1) is 11.8 Å². The number of hydrogen-bond acceptors (Lipinski definition) is 7. The molecule has 1 aromatic carbocycles. The summed E-state index contributed by atoms with van der Waals surface area (Å²) in [5.74, 6) is 2.23. The Hall–Kier alpha value is -1.91. The van der Waals surface area contributed by atoms with Crippen molar-refractivity contribution >= 4 is 41.4 Å². The number of rotatable bonds is 14. The molecule has 1 saturated carbocycles. The number of thioether (sulfide) groups is 2. The largest absolute Gasteiger partial charge is 0.447 e. The van der Waals surface area contributed by atoms with E-state index in [0.29, 0.717) is 36.7 Å². The number of likely N-dealkylation sites (tertiary alicyclic amines) is 1. The molecule has 1 aromatic rings. The summed E-state index contributed by atoms with van der Waals surface area (Å²) in [4.78, 5) is 43.2. The highest BCUT2D eigenvalue weighted by Gasteiger charge is 2.33. The highest BCUT2D eigenvalue weighted by atomic mass is 32.2. The Kier molecular flexibility index (Phi) is 14.7. The van der Waals surface area contributed by atoms with Gasteiger partial charge in [-0.2, -0.15) is 11.8 Å². The normalized spacial score (nSPS) is 18.1. The van der Waals surface area contributed by atoms with E-state index in [-0.39, 0.29) is 17.9 Å². The molecule has 41 heavy (non-hydrogen) atoms. The maximum absolute atomic E-state index is 13.8. The fourth-order valence-corrected chi connectivity index (χ4v) is 7.30. The van der Waals surface area contributed by atoms with Crippen molar-refractivity contribution in [2.75, 3.05) is 36.7 Å². The van der Waals surface area contributed by atoms with Gasteiger partial charge in [-0.3, -0.25) is 14.5 Å². The Bertz CT molecular complexity index is 937. The molecule has 0 aromatic heterocycles. The fourth-order valence-electron chi connectivity index (χ4n) is 5.43. The van der Waals surface area contributed by atoms with Gasteiger partial charge in [0.05, 0.1) is 12.0 Å². The van der Waals surface area contributed by atoms with Crippen LogP contribution in [0.4, 0.5) is 4.79 Å². The van der Waals surface area contributed by atoms with Gasteiger partial charge in [0.1, 0.15) is 12.1 Å². The molecule has 8 nitrogen and oxygen atoms in total. The average molecular weight is 607 g/mol. The number of benzene rings is 1. The van der Waals surface area contributed by atoms with Crippen molar-refractivity contribution in [3.05, 3.63) is 35.9 Å². The SMILES string of the molecule is CSCN(C(=O)OC(C)C)[C@@H](C)C(=O)N[C@@H](CSCC1CCCCC1)C(=O)N1CCC(NCc2ccccc2)CC1. The third-order valence-electron chi connectivity index (χ3n) is 7.91. The summed E-state index contributed by atoms with van der Waals surface area (Å²) in [7, 11) is 0. The first-order chi connectivity index (χ1) is 19.8. The molecule has 0 spiro atoms. The molecule has 2 atom stereocenters. The Morgan fingerprint density at radius 3 is 2.34 bits per heavy atom. The smallest absolute Gasteiger partial charge is 0.411 e. The van der Waals surface area contributed by atoms with Crippen LogP contribution in [0.25, 0.3) is 0 Å². The summed E-state index contributed by atoms with van der Waals surface area (Å²) in [6.07, 6.45) is 9.24. The van der Waals surface area contributed by atoms with E-state index in [2.05, 4.69) is 22.8 Å². The van der Waals surface area contributed by atoms with Crippen LogP contribution in [0.2, 0.25) is 0 Å². The van der Waals surface area contributed by atoms with E-state index in [1.54, 1.807) is 32.5 Å². The molecule has 3 rings (SSSR count). The molecule has 1 aliphatic carbocycles. The second-order valence-corrected chi connectivity index (χ2v) is 13.5. The molecule has 2 N–H and O–H groups in total. The monoisotopic (exact) mass is 606 g/mol. The minimum absolute atomic E-state index is 0.0237. The van der Waals surface area contributed by atoms with E-state index in [4.69, 9.17) is 4.74 Å². The van der Waals surface area contributed by atoms with Gasteiger partial charge in [0.15, 0.2) is 0 Å². The van der Waals surface area contributed by atoms with Crippen LogP contribution in [0.5, 0.6) is 0 Å². The summed E-state index contributed by atoms with van der Waals surface area (Å²) in [6.45, 7) is 7.43. The first kappa shape index (κ1) is 33.6. The molecule has 1 saturated heterocycles. The van der Waals surface area contributed by atoms with E-state index >= 15 is 0 Å². The van der Waals surface area contributed by atoms with Gasteiger partial charge in [-0.1, -0.05) is 49.6 Å². The lowest BCUT2D eigenvalue weighted by molar-refractivity contribution is -0.137. The van der Waals surface area contributed by atoms with Gasteiger partial charge in [0.25, 0.3) is 0 Å². The number of nitrogens with zero attached hydrogens (tertiary/aromatic N) is 2. The van der Waals surface area contributed by atoms with Crippen LogP contribution in [0, 0.1) is 5.92 Å². The molecule has 2 fully saturated rings. The molecule has 2 aliphatic rings. The molecule has 0 bridgehead atoms. The third kappa shape index (κ3) is 11.4. The second kappa shape index (κ2) is 17.9. The highest BCUT2D eigenvalue weighted by Crippen LogP contribution is 2.27. The van der Waals surface area contributed by atoms with Gasteiger partial charge in [-0.25, -0.2) is 4.79 Å². The Morgan fingerprint density at radius 2 is 1.71 bits per heavy atom. The van der Waals surface area contributed by atoms with Gasteiger partial charge < -0.3 is 20.3 Å². The van der Waals surface area contributed by atoms with Crippen molar-refractivity contribution in [2.45, 2.75) is 96.5 Å². The summed E-state index contributed by atoms with van der Waals surface area (Å²) >= 11 is 3.22. The minimum atomic E-state index is -0.750. The molecule has 10 heteroatoms. The van der Waals surface area contributed by atoms with Gasteiger partial charge in [0.2, 0.25) is 11.8 Å². The molecular formula is C31H50N4O4S2. The molecule has 3 amide bonds. The number of nitrogens with one attached hydrogen (secondary N) is 2. The van der Waals surface area contributed by atoms with Crippen LogP contribution in [-0.2, 0) is 20.9 Å². The summed E-state index contributed by atoms with van der Waals surface area (Å²) in [6, 6.07) is 9.35. The van der Waals surface area contributed by atoms with E-state index in [0.717, 1.165) is 25.1 Å². The first-order valence-corrected chi connectivity index (χ1v) is 17.7. The number of amides is 3. The zero-order valence-corrected chi connectivity index (χ0v) is 26.9. The molecule has 230 valence electrons. The summed E-state index contributed by atoms with van der Waals surface area (Å²) in [5.41, 5.74) is 1.26. The van der Waals surface area contributed by atoms with Gasteiger partial charge in [0, 0.05) is 31.4 Å². The van der Waals surface area contributed by atoms with Crippen molar-refractivity contribution in [1.29, 1.82) is 0 Å². The van der Waals surface area contributed by atoms with Crippen LogP contribution >= 0.6 is 23.5 Å². The lowest BCUT2D eigenvalue weighted by Crippen LogP contribution is -2.57. The topological polar surface area (TPSA) is 91.0 Å². The Labute approximate surface area is 255 Å². The van der Waals surface area contributed by atoms with Crippen LogP contribution < -0.4 is 10.6 Å². The van der Waals surface area contributed by atoms with Gasteiger partial charge in [-0.05, 0) is 69.9 Å². The molecule has 0 unspecified atom stereocenters. The molecule has 1 aliphatic heterocycles. The molecule has 1 heterocycles. The van der Waals surface area contributed by atoms with Crippen LogP contribution in [0.3, 0.4) is 0 Å². The van der Waals surface area contributed by atoms with Crippen LogP contribution in [-0.4, -0.2) is 88.7 Å². The van der Waals surface area contributed by atoms with Crippen LogP contribution in [0.15, 0.2) is 30.3 Å². The lowest BCUT2D eigenvalue weighted by Gasteiger charge is -2.35. The number of carbonyl (C=O) groups excluding carboxylic acids is 3. The molecular weight excluding hydrogens is 556 g/mol. The third-order valence-corrected chi connectivity index (χ3v) is 9.72. The van der Waals surface area contributed by atoms with Gasteiger partial charge >= 0.3 is 6.09 Å². The van der Waals surface area contributed by atoms with Crippen molar-refractivity contribution in [2.24, 2.45) is 5.92 Å². The Morgan fingerprint density at radius 1 is 1.02 bits per heavy atom. The number of piperidine rings is 1. The van der Waals surface area contributed by atoms with Crippen molar-refractivity contribution < 1.29 is 19.1 Å². The standard InChI is InChI=1S/C31H50N4O4S2/c1-23(2)39-31(38)35(22-40-4)24(3)29(36)33-28(21-41-20-26-13-9-6-10-14-26)30(37)34-17-15-27(16-18-34)32-19-25-11-7-5-8-12-25/h5,7-8,11-12,23-24,26-28,32H,6,9-10,13-22H2,1-4H3,(H,33,36)/t24-,28-/m0/s1. The number of ether oxygens (including phenoxy) is 1. The van der Waals surface area contributed by atoms with Crippen LogP contribution in [0.1, 0.15) is 71.3 Å². The van der Waals surface area contributed by atoms with Crippen molar-refractivity contribution in [3.8, 4) is 0 Å². The average Bonchev–Trinajstić information content (AvgIpc) is 2.98. The first-order valence-electron chi connectivity index (χ1n) is 15.2. The quantitative estimate of drug-likeness (QED) is 0.284. The predicted molar refractivity (Wildman–Crippen MR) is 170 cm³/mol. The molecule has 0 radical (unpaired) electrons. The van der Waals surface area contributed by atoms with E-state index in [1.165, 1.54) is 54.3 Å². The highest BCUT2D eigenvalue weighted by molar-refractivity contribution is 7.99. The zero-order valence-electron chi connectivity index (χ0n) is 25.3. The predicted octanol–water partition coefficient (Wildman–Crippen LogP) is 5.12.